The normalized spacial score (nSPS) is 34.7. The van der Waals surface area contributed by atoms with E-state index in [0.717, 1.165) is 38.5 Å². The number of carbonyl (C=O) groups excluding carboxylic acids is 2. The molecule has 190 valence electrons. The van der Waals surface area contributed by atoms with E-state index in [4.69, 9.17) is 9.47 Å². The Morgan fingerprint density at radius 3 is 1.61 bits per heavy atom. The fourth-order valence-corrected chi connectivity index (χ4v) is 6.59. The van der Waals surface area contributed by atoms with E-state index in [1.807, 2.05) is 0 Å². The summed E-state index contributed by atoms with van der Waals surface area (Å²) in [5.41, 5.74) is -0.468. The molecule has 3 aliphatic rings. The van der Waals surface area contributed by atoms with Crippen LogP contribution in [0, 0.1) is 23.7 Å². The van der Waals surface area contributed by atoms with Gasteiger partial charge >= 0.3 is 11.9 Å². The molecule has 2 saturated heterocycles. The third-order valence-electron chi connectivity index (χ3n) is 9.03. The summed E-state index contributed by atoms with van der Waals surface area (Å²) in [5.74, 6) is 0.509. The first kappa shape index (κ1) is 26.5. The van der Waals surface area contributed by atoms with Crippen LogP contribution in [0.4, 0.5) is 0 Å². The van der Waals surface area contributed by atoms with Gasteiger partial charge < -0.3 is 14.8 Å². The van der Waals surface area contributed by atoms with Crippen molar-refractivity contribution in [3.8, 4) is 0 Å². The van der Waals surface area contributed by atoms with Crippen molar-refractivity contribution in [2.75, 3.05) is 20.3 Å². The van der Waals surface area contributed by atoms with Crippen LogP contribution in [0.1, 0.15) is 93.9 Å². The molecule has 3 rings (SSSR count). The highest BCUT2D eigenvalue weighted by Gasteiger charge is 2.53. The van der Waals surface area contributed by atoms with E-state index in [1.165, 1.54) is 0 Å². The van der Waals surface area contributed by atoms with Crippen molar-refractivity contribution in [2.45, 2.75) is 116 Å². The Morgan fingerprint density at radius 2 is 1.24 bits per heavy atom. The van der Waals surface area contributed by atoms with Gasteiger partial charge in [0, 0.05) is 22.2 Å². The molecular formula is C27H48N2O4. The molecule has 2 atom stereocenters. The second kappa shape index (κ2) is 9.14. The largest absolute Gasteiger partial charge is 0.465 e. The van der Waals surface area contributed by atoms with Crippen molar-refractivity contribution in [3.63, 3.8) is 0 Å². The van der Waals surface area contributed by atoms with E-state index in [-0.39, 0.29) is 45.9 Å². The lowest BCUT2D eigenvalue weighted by Crippen LogP contribution is -2.48. The second-order valence-corrected chi connectivity index (χ2v) is 13.4. The van der Waals surface area contributed by atoms with E-state index in [0.29, 0.717) is 25.0 Å². The van der Waals surface area contributed by atoms with Crippen LogP contribution in [-0.2, 0) is 19.1 Å². The number of likely N-dealkylation sites (tertiary alicyclic amines) is 1. The molecule has 0 amide bonds. The summed E-state index contributed by atoms with van der Waals surface area (Å²) < 4.78 is 11.6. The summed E-state index contributed by atoms with van der Waals surface area (Å²) in [7, 11) is 2.10. The summed E-state index contributed by atoms with van der Waals surface area (Å²) in [6.45, 7) is 18.2. The molecule has 0 aromatic rings. The Morgan fingerprint density at radius 1 is 0.788 bits per heavy atom. The zero-order valence-corrected chi connectivity index (χ0v) is 22.5. The predicted octanol–water partition coefficient (Wildman–Crippen LogP) is 4.55. The highest BCUT2D eigenvalue weighted by molar-refractivity contribution is 5.75. The average Bonchev–Trinajstić information content (AvgIpc) is 3.04. The highest BCUT2D eigenvalue weighted by atomic mass is 16.5. The van der Waals surface area contributed by atoms with Crippen LogP contribution in [0.2, 0.25) is 0 Å². The van der Waals surface area contributed by atoms with Crippen molar-refractivity contribution >= 4 is 11.9 Å². The molecule has 2 aliphatic heterocycles. The Kier molecular flexibility index (Phi) is 7.33. The smallest absolute Gasteiger partial charge is 0.310 e. The molecule has 2 unspecified atom stereocenters. The van der Waals surface area contributed by atoms with Gasteiger partial charge in [0.05, 0.1) is 25.0 Å². The van der Waals surface area contributed by atoms with Gasteiger partial charge in [0.2, 0.25) is 0 Å². The number of hydrogen-bond donors (Lipinski definition) is 1. The van der Waals surface area contributed by atoms with Crippen molar-refractivity contribution in [1.82, 2.24) is 10.2 Å². The Balaban J connectivity index is 1.39. The zero-order valence-electron chi connectivity index (χ0n) is 22.5. The first-order valence-electron chi connectivity index (χ1n) is 12.9. The third-order valence-corrected chi connectivity index (χ3v) is 9.03. The van der Waals surface area contributed by atoms with E-state index in [2.05, 4.69) is 72.7 Å². The van der Waals surface area contributed by atoms with Gasteiger partial charge in [-0.2, -0.15) is 0 Å². The molecule has 6 nitrogen and oxygen atoms in total. The minimum atomic E-state index is -0.236. The van der Waals surface area contributed by atoms with Crippen LogP contribution in [-0.4, -0.2) is 59.3 Å². The lowest BCUT2D eigenvalue weighted by molar-refractivity contribution is -0.154. The van der Waals surface area contributed by atoms with E-state index in [1.54, 1.807) is 0 Å². The summed E-state index contributed by atoms with van der Waals surface area (Å²) in [6, 6.07) is 0. The van der Waals surface area contributed by atoms with Gasteiger partial charge in [-0.3, -0.25) is 14.5 Å². The summed E-state index contributed by atoms with van der Waals surface area (Å²) >= 11 is 0. The third kappa shape index (κ3) is 5.75. The van der Waals surface area contributed by atoms with Crippen LogP contribution in [0.15, 0.2) is 0 Å². The van der Waals surface area contributed by atoms with E-state index >= 15 is 0 Å². The molecule has 0 radical (unpaired) electrons. The van der Waals surface area contributed by atoms with Crippen LogP contribution < -0.4 is 5.32 Å². The number of carbonyl (C=O) groups is 2. The van der Waals surface area contributed by atoms with Gasteiger partial charge in [0.1, 0.15) is 0 Å². The molecule has 0 aromatic carbocycles. The van der Waals surface area contributed by atoms with Gasteiger partial charge in [0.15, 0.2) is 0 Å². The summed E-state index contributed by atoms with van der Waals surface area (Å²) in [4.78, 5) is 28.0. The van der Waals surface area contributed by atoms with Crippen LogP contribution in [0.5, 0.6) is 0 Å². The molecule has 1 saturated carbocycles. The quantitative estimate of drug-likeness (QED) is 0.582. The number of ether oxygens (including phenoxy) is 2. The van der Waals surface area contributed by atoms with Crippen LogP contribution in [0.3, 0.4) is 0 Å². The number of nitrogens with zero attached hydrogens (tertiary/aromatic N) is 1. The van der Waals surface area contributed by atoms with Gasteiger partial charge in [-0.15, -0.1) is 0 Å². The maximum absolute atomic E-state index is 12.9. The van der Waals surface area contributed by atoms with Crippen LogP contribution in [0.25, 0.3) is 0 Å². The highest BCUT2D eigenvalue weighted by Crippen LogP contribution is 2.44. The zero-order chi connectivity index (χ0) is 24.8. The van der Waals surface area contributed by atoms with E-state index < -0.39 is 0 Å². The van der Waals surface area contributed by atoms with Crippen molar-refractivity contribution < 1.29 is 19.1 Å². The number of hydrogen-bond acceptors (Lipinski definition) is 6. The Bertz CT molecular complexity index is 734. The fraction of sp³-hybridized carbons (Fsp3) is 0.926. The monoisotopic (exact) mass is 464 g/mol. The topological polar surface area (TPSA) is 67.9 Å². The first-order chi connectivity index (χ1) is 15.1. The van der Waals surface area contributed by atoms with E-state index in [9.17, 15) is 9.59 Å². The van der Waals surface area contributed by atoms with Gasteiger partial charge in [-0.1, -0.05) is 0 Å². The molecule has 2 heterocycles. The van der Waals surface area contributed by atoms with Gasteiger partial charge in [0.25, 0.3) is 0 Å². The number of nitrogens with one attached hydrogen (secondary N) is 1. The maximum atomic E-state index is 12.9. The molecule has 0 spiro atoms. The SMILES string of the molecule is CN1C(C)(C)CC(C(=O)OCC2CCC(COC(=O)C3CC(C)(C)NC3(C)C)CC2)C1(C)C. The lowest BCUT2D eigenvalue weighted by atomic mass is 9.82. The molecule has 3 fully saturated rings. The number of rotatable bonds is 6. The fourth-order valence-electron chi connectivity index (χ4n) is 6.59. The molecule has 33 heavy (non-hydrogen) atoms. The van der Waals surface area contributed by atoms with Crippen molar-refractivity contribution in [2.24, 2.45) is 23.7 Å². The van der Waals surface area contributed by atoms with Crippen molar-refractivity contribution in [1.29, 1.82) is 0 Å². The first-order valence-corrected chi connectivity index (χ1v) is 12.9. The molecule has 0 bridgehead atoms. The maximum Gasteiger partial charge on any atom is 0.310 e. The molecule has 0 aromatic heterocycles. The van der Waals surface area contributed by atoms with Gasteiger partial charge in [-0.05, 0) is 113 Å². The predicted molar refractivity (Wildman–Crippen MR) is 131 cm³/mol. The Hall–Kier alpha value is -1.14. The summed E-state index contributed by atoms with van der Waals surface area (Å²) in [5, 5.41) is 3.55. The Labute approximate surface area is 201 Å². The average molecular weight is 465 g/mol. The number of esters is 2. The van der Waals surface area contributed by atoms with Crippen molar-refractivity contribution in [3.05, 3.63) is 0 Å². The molecule has 1 N–H and O–H groups in total. The molecule has 6 heteroatoms. The van der Waals surface area contributed by atoms with Crippen LogP contribution >= 0.6 is 0 Å². The second-order valence-electron chi connectivity index (χ2n) is 13.4. The summed E-state index contributed by atoms with van der Waals surface area (Å²) in [6.07, 6.45) is 5.74. The lowest BCUT2D eigenvalue weighted by Gasteiger charge is -2.38. The van der Waals surface area contributed by atoms with Gasteiger partial charge in [-0.25, -0.2) is 0 Å². The minimum absolute atomic E-state index is 0.00219. The molecule has 1 aliphatic carbocycles. The minimum Gasteiger partial charge on any atom is -0.465 e. The molecular weight excluding hydrogens is 416 g/mol. The standard InChI is InChI=1S/C27H48N2O4/c1-24(2)14-20(26(5,6)28-24)22(30)32-16-18-10-12-19(13-11-18)17-33-23(31)21-15-25(3,4)29(9)27(21,7)8/h18-21,28H,10-17H2,1-9H3.